The SMILES string of the molecule is CCCCCCCCCCCCCCCCCCCCCCCCCCCCCCCCCCCCCCCCCCCC(=O)OC(COC(=O)CCCCCCCCCCCCCCCCCCCCCCCCCCCCC)COP(=O)([O-])OCC[N+](C)(C)C. The van der Waals surface area contributed by atoms with Crippen LogP contribution in [0.4, 0.5) is 0 Å². The molecular weight excluding hydrogens is 1160 g/mol. The van der Waals surface area contributed by atoms with Crippen molar-refractivity contribution >= 4 is 19.8 Å². The van der Waals surface area contributed by atoms with Gasteiger partial charge in [0.05, 0.1) is 27.7 Å². The number of nitrogens with zero attached hydrogens (tertiary/aromatic N) is 1. The number of quaternary nitrogens is 1. The lowest BCUT2D eigenvalue weighted by molar-refractivity contribution is -0.870. The summed E-state index contributed by atoms with van der Waals surface area (Å²) in [4.78, 5) is 38.2. The van der Waals surface area contributed by atoms with Crippen molar-refractivity contribution < 1.29 is 42.1 Å². The largest absolute Gasteiger partial charge is 0.756 e. The van der Waals surface area contributed by atoms with E-state index in [1.807, 2.05) is 21.1 Å². The van der Waals surface area contributed by atoms with Gasteiger partial charge in [-0.3, -0.25) is 14.2 Å². The van der Waals surface area contributed by atoms with Gasteiger partial charge in [-0.25, -0.2) is 0 Å². The average Bonchev–Trinajstić information content (AvgIpc) is 2.23. The maximum atomic E-state index is 12.9. The lowest BCUT2D eigenvalue weighted by Gasteiger charge is -2.28. The molecule has 0 amide bonds. The lowest BCUT2D eigenvalue weighted by Crippen LogP contribution is -2.37. The normalized spacial score (nSPS) is 12.9. The number of rotatable bonds is 80. The molecule has 0 N–H and O–H groups in total. The Kier molecular flexibility index (Phi) is 73.4. The molecule has 0 spiro atoms. The van der Waals surface area contributed by atoms with Crippen LogP contribution in [0.25, 0.3) is 0 Å². The number of hydrogen-bond acceptors (Lipinski definition) is 8. The number of esters is 2. The molecule has 2 unspecified atom stereocenters. The predicted molar refractivity (Wildman–Crippen MR) is 398 cm³/mol. The van der Waals surface area contributed by atoms with Crippen molar-refractivity contribution in [3.05, 3.63) is 0 Å². The average molecular weight is 1320 g/mol. The minimum absolute atomic E-state index is 0.0246. The van der Waals surface area contributed by atoms with Crippen molar-refractivity contribution in [1.82, 2.24) is 0 Å². The molecular formula is C82H164NO8P. The third-order valence-corrected chi connectivity index (χ3v) is 20.6. The van der Waals surface area contributed by atoms with Crippen LogP contribution in [0.1, 0.15) is 463 Å². The van der Waals surface area contributed by atoms with Crippen molar-refractivity contribution in [2.75, 3.05) is 47.5 Å². The van der Waals surface area contributed by atoms with Gasteiger partial charge in [-0.1, -0.05) is 438 Å². The summed E-state index contributed by atoms with van der Waals surface area (Å²) < 4.78 is 34.4. The highest BCUT2D eigenvalue weighted by Crippen LogP contribution is 2.38. The van der Waals surface area contributed by atoms with Crippen molar-refractivity contribution in [3.8, 4) is 0 Å². The summed E-state index contributed by atoms with van der Waals surface area (Å²) in [6, 6.07) is 0. The molecule has 2 atom stereocenters. The van der Waals surface area contributed by atoms with E-state index in [9.17, 15) is 19.0 Å². The first-order valence-electron chi connectivity index (χ1n) is 41.7. The highest BCUT2D eigenvalue weighted by molar-refractivity contribution is 7.45. The molecule has 550 valence electrons. The third kappa shape index (κ3) is 78.0. The van der Waals surface area contributed by atoms with E-state index in [4.69, 9.17) is 18.5 Å². The minimum atomic E-state index is -4.64. The van der Waals surface area contributed by atoms with Gasteiger partial charge in [-0.15, -0.1) is 0 Å². The topological polar surface area (TPSA) is 111 Å². The fraction of sp³-hybridized carbons (Fsp3) is 0.976. The van der Waals surface area contributed by atoms with Crippen LogP contribution in [-0.2, 0) is 32.7 Å². The monoisotopic (exact) mass is 1320 g/mol. The quantitative estimate of drug-likeness (QED) is 0.0256. The van der Waals surface area contributed by atoms with E-state index in [0.29, 0.717) is 17.4 Å². The van der Waals surface area contributed by atoms with E-state index < -0.39 is 26.5 Å². The van der Waals surface area contributed by atoms with Gasteiger partial charge in [-0.2, -0.15) is 0 Å². The zero-order valence-electron chi connectivity index (χ0n) is 63.1. The van der Waals surface area contributed by atoms with E-state index in [1.54, 1.807) is 0 Å². The molecule has 10 heteroatoms. The van der Waals surface area contributed by atoms with E-state index >= 15 is 0 Å². The zero-order chi connectivity index (χ0) is 66.9. The fourth-order valence-corrected chi connectivity index (χ4v) is 14.0. The maximum absolute atomic E-state index is 12.9. The van der Waals surface area contributed by atoms with E-state index in [0.717, 1.165) is 32.1 Å². The molecule has 0 rings (SSSR count). The number of likely N-dealkylation sites (N-methyl/N-ethyl adjacent to an activating group) is 1. The molecule has 0 aromatic heterocycles. The summed E-state index contributed by atoms with van der Waals surface area (Å²) >= 11 is 0. The van der Waals surface area contributed by atoms with Gasteiger partial charge in [-0.05, 0) is 12.8 Å². The summed E-state index contributed by atoms with van der Waals surface area (Å²) in [6.45, 7) is 4.35. The van der Waals surface area contributed by atoms with Gasteiger partial charge < -0.3 is 27.9 Å². The van der Waals surface area contributed by atoms with E-state index in [1.165, 1.54) is 398 Å². The molecule has 0 fully saturated rings. The van der Waals surface area contributed by atoms with Crippen LogP contribution in [-0.4, -0.2) is 70.0 Å². The van der Waals surface area contributed by atoms with Crippen LogP contribution < -0.4 is 4.89 Å². The van der Waals surface area contributed by atoms with Crippen LogP contribution in [0.5, 0.6) is 0 Å². The van der Waals surface area contributed by atoms with Crippen molar-refractivity contribution in [1.29, 1.82) is 0 Å². The highest BCUT2D eigenvalue weighted by Gasteiger charge is 2.22. The molecule has 0 aliphatic carbocycles. The molecule has 0 heterocycles. The molecule has 9 nitrogen and oxygen atoms in total. The Morgan fingerprint density at radius 2 is 0.489 bits per heavy atom. The third-order valence-electron chi connectivity index (χ3n) is 19.6. The van der Waals surface area contributed by atoms with Crippen LogP contribution >= 0.6 is 7.82 Å². The second-order valence-corrected chi connectivity index (χ2v) is 31.6. The highest BCUT2D eigenvalue weighted by atomic mass is 31.2. The number of phosphoric ester groups is 1. The Morgan fingerprint density at radius 1 is 0.293 bits per heavy atom. The number of carbonyl (C=O) groups excluding carboxylic acids is 2. The maximum Gasteiger partial charge on any atom is 0.306 e. The van der Waals surface area contributed by atoms with Crippen LogP contribution in [0, 0.1) is 0 Å². The van der Waals surface area contributed by atoms with E-state index in [2.05, 4.69) is 13.8 Å². The van der Waals surface area contributed by atoms with Crippen LogP contribution in [0.2, 0.25) is 0 Å². The Balaban J connectivity index is 3.83. The Hall–Kier alpha value is -0.990. The molecule has 0 aliphatic heterocycles. The van der Waals surface area contributed by atoms with Crippen molar-refractivity contribution in [3.63, 3.8) is 0 Å². The zero-order valence-corrected chi connectivity index (χ0v) is 64.0. The molecule has 0 aromatic carbocycles. The van der Waals surface area contributed by atoms with Crippen LogP contribution in [0.15, 0.2) is 0 Å². The molecule has 0 aliphatic rings. The first-order chi connectivity index (χ1) is 45.0. The summed E-state index contributed by atoms with van der Waals surface area (Å²) in [6.07, 6.45) is 92.6. The summed E-state index contributed by atoms with van der Waals surface area (Å²) in [5, 5.41) is 0. The molecule has 0 aromatic rings. The first kappa shape index (κ1) is 91.0. The Bertz CT molecular complexity index is 1510. The smallest absolute Gasteiger partial charge is 0.306 e. The molecule has 0 saturated heterocycles. The summed E-state index contributed by atoms with van der Waals surface area (Å²) in [7, 11) is 1.20. The van der Waals surface area contributed by atoms with Crippen molar-refractivity contribution in [2.24, 2.45) is 0 Å². The summed E-state index contributed by atoms with van der Waals surface area (Å²) in [5.74, 6) is -0.800. The van der Waals surface area contributed by atoms with Gasteiger partial charge in [0.25, 0.3) is 7.82 Å². The van der Waals surface area contributed by atoms with Gasteiger partial charge in [0.15, 0.2) is 6.10 Å². The summed E-state index contributed by atoms with van der Waals surface area (Å²) in [5.41, 5.74) is 0. The first-order valence-corrected chi connectivity index (χ1v) is 43.2. The van der Waals surface area contributed by atoms with Crippen molar-refractivity contribution in [2.45, 2.75) is 469 Å². The second-order valence-electron chi connectivity index (χ2n) is 30.2. The fourth-order valence-electron chi connectivity index (χ4n) is 13.3. The number of hydrogen-bond donors (Lipinski definition) is 0. The Labute approximate surface area is 575 Å². The van der Waals surface area contributed by atoms with Crippen LogP contribution in [0.3, 0.4) is 0 Å². The number of phosphoric acid groups is 1. The van der Waals surface area contributed by atoms with Gasteiger partial charge in [0.1, 0.15) is 19.8 Å². The minimum Gasteiger partial charge on any atom is -0.756 e. The van der Waals surface area contributed by atoms with Gasteiger partial charge in [0, 0.05) is 12.8 Å². The number of carbonyl (C=O) groups is 2. The Morgan fingerprint density at radius 3 is 0.696 bits per heavy atom. The molecule has 0 bridgehead atoms. The van der Waals surface area contributed by atoms with Gasteiger partial charge >= 0.3 is 11.9 Å². The molecule has 0 saturated carbocycles. The number of ether oxygens (including phenoxy) is 2. The lowest BCUT2D eigenvalue weighted by atomic mass is 10.0. The predicted octanol–water partition coefficient (Wildman–Crippen LogP) is 27.0. The molecule has 0 radical (unpaired) electrons. The van der Waals surface area contributed by atoms with Gasteiger partial charge in [0.2, 0.25) is 0 Å². The number of unbranched alkanes of at least 4 members (excludes halogenated alkanes) is 66. The standard InChI is InChI=1S/C82H164NO8P/c1-6-8-10-12-14-16-18-20-22-24-26-28-30-32-34-35-36-37-38-39-40-41-42-43-44-45-46-47-49-51-53-55-57-59-61-63-65-67-69-71-73-75-82(85)91-80(79-90-92(86,87)89-77-76-83(3,4)5)78-88-81(84)74-72-70-68-66-64-62-60-58-56-54-52-50-48-33-31-29-27-25-23-21-19-17-15-13-11-9-7-2/h80H,6-79H2,1-5H3. The van der Waals surface area contributed by atoms with E-state index in [-0.39, 0.29) is 32.0 Å². The second kappa shape index (κ2) is 74.2. The molecule has 92 heavy (non-hydrogen) atoms.